The summed E-state index contributed by atoms with van der Waals surface area (Å²) in [7, 11) is -1.48. The molecule has 2 aliphatic heterocycles. The molecule has 0 radical (unpaired) electrons. The molecule has 2 rings (SSSR count). The molecule has 2 fully saturated rings. The highest BCUT2D eigenvalue weighted by Gasteiger charge is 2.60. The third-order valence-electron chi connectivity index (χ3n) is 3.16. The Balaban J connectivity index is 2.22. The molecule has 2 saturated heterocycles. The van der Waals surface area contributed by atoms with Crippen molar-refractivity contribution < 1.29 is 32.8 Å². The number of methoxy groups -OCH3 is 1. The van der Waals surface area contributed by atoms with Crippen LogP contribution in [0.15, 0.2) is 0 Å². The molecule has 9 heteroatoms. The first-order chi connectivity index (χ1) is 8.44. The summed E-state index contributed by atoms with van der Waals surface area (Å²) in [4.78, 5) is 14.8. The van der Waals surface area contributed by atoms with Crippen LogP contribution in [-0.4, -0.2) is 56.2 Å². The largest absolute Gasteiger partial charge is 0.472 e. The van der Waals surface area contributed by atoms with E-state index >= 15 is 0 Å². The summed E-state index contributed by atoms with van der Waals surface area (Å²) in [5, 5.41) is 0. The monoisotopic (exact) mass is 283 g/mol. The average molecular weight is 283 g/mol. The molecular weight excluding hydrogens is 265 g/mol. The first-order valence-electron chi connectivity index (χ1n) is 5.56. The Kier molecular flexibility index (Phi) is 4.10. The van der Waals surface area contributed by atoms with Crippen LogP contribution in [-0.2, 0) is 27.9 Å². The van der Waals surface area contributed by atoms with Crippen molar-refractivity contribution in [1.82, 2.24) is 5.48 Å². The molecule has 0 aromatic carbocycles. The minimum Gasteiger partial charge on any atom is -0.382 e. The van der Waals surface area contributed by atoms with Gasteiger partial charge in [0.15, 0.2) is 0 Å². The lowest BCUT2D eigenvalue weighted by Gasteiger charge is -2.38. The van der Waals surface area contributed by atoms with Crippen molar-refractivity contribution in [3.05, 3.63) is 0 Å². The van der Waals surface area contributed by atoms with Gasteiger partial charge in [0.2, 0.25) is 0 Å². The van der Waals surface area contributed by atoms with Crippen LogP contribution in [0.25, 0.3) is 0 Å². The van der Waals surface area contributed by atoms with Gasteiger partial charge in [0, 0.05) is 14.2 Å². The van der Waals surface area contributed by atoms with Gasteiger partial charge in [0.1, 0.15) is 17.8 Å². The highest BCUT2D eigenvalue weighted by molar-refractivity contribution is 7.47. The fraction of sp³-hybridized carbons (Fsp3) is 1.00. The van der Waals surface area contributed by atoms with Crippen molar-refractivity contribution in [3.8, 4) is 0 Å². The number of ether oxygens (including phenoxy) is 2. The molecule has 3 unspecified atom stereocenters. The summed E-state index contributed by atoms with van der Waals surface area (Å²) < 4.78 is 32.1. The SMILES string of the molecule is COC[C@@]12CNOC(C(C)O1)[C@H]2OP(=O)(O)OC. The van der Waals surface area contributed by atoms with E-state index in [4.69, 9.17) is 18.8 Å². The number of rotatable bonds is 5. The quantitative estimate of drug-likeness (QED) is 0.671. The maximum Gasteiger partial charge on any atom is 0.472 e. The summed E-state index contributed by atoms with van der Waals surface area (Å²) in [5.41, 5.74) is 1.89. The summed E-state index contributed by atoms with van der Waals surface area (Å²) in [6, 6.07) is 0. The van der Waals surface area contributed by atoms with E-state index in [2.05, 4.69) is 10.0 Å². The predicted molar refractivity (Wildman–Crippen MR) is 59.7 cm³/mol. The number of hydrogen-bond donors (Lipinski definition) is 2. The van der Waals surface area contributed by atoms with Gasteiger partial charge in [-0.05, 0) is 6.92 Å². The Bertz CT molecular complexity index is 350. The fourth-order valence-corrected chi connectivity index (χ4v) is 3.05. The maximum absolute atomic E-state index is 11.6. The molecule has 8 nitrogen and oxygen atoms in total. The van der Waals surface area contributed by atoms with Crippen molar-refractivity contribution in [2.24, 2.45) is 0 Å². The molecule has 2 N–H and O–H groups in total. The van der Waals surface area contributed by atoms with Crippen molar-refractivity contribution >= 4 is 7.82 Å². The van der Waals surface area contributed by atoms with Gasteiger partial charge in [-0.3, -0.25) is 13.9 Å². The highest BCUT2D eigenvalue weighted by Crippen LogP contribution is 2.50. The Morgan fingerprint density at radius 1 is 1.56 bits per heavy atom. The van der Waals surface area contributed by atoms with Crippen LogP contribution in [0.5, 0.6) is 0 Å². The van der Waals surface area contributed by atoms with E-state index in [0.29, 0.717) is 6.54 Å². The van der Waals surface area contributed by atoms with Crippen LogP contribution >= 0.6 is 7.82 Å². The van der Waals surface area contributed by atoms with E-state index in [1.165, 1.54) is 7.11 Å². The first-order valence-corrected chi connectivity index (χ1v) is 7.06. The summed E-state index contributed by atoms with van der Waals surface area (Å²) in [5.74, 6) is 0. The topological polar surface area (TPSA) is 95.5 Å². The lowest BCUT2D eigenvalue weighted by molar-refractivity contribution is -0.159. The molecule has 0 amide bonds. The Hall–Kier alpha value is -0.0500. The molecular formula is C9H18NO7P. The number of phosphoric ester groups is 1. The van der Waals surface area contributed by atoms with Crippen molar-refractivity contribution in [2.75, 3.05) is 27.4 Å². The fourth-order valence-electron chi connectivity index (χ4n) is 2.36. The van der Waals surface area contributed by atoms with E-state index in [1.54, 1.807) is 6.92 Å². The van der Waals surface area contributed by atoms with Crippen LogP contribution in [0.1, 0.15) is 6.92 Å². The zero-order valence-electron chi connectivity index (χ0n) is 10.5. The molecule has 0 aromatic heterocycles. The minimum atomic E-state index is -4.11. The maximum atomic E-state index is 11.6. The van der Waals surface area contributed by atoms with Crippen molar-refractivity contribution in [2.45, 2.75) is 30.8 Å². The number of nitrogens with one attached hydrogen (secondary N) is 1. The van der Waals surface area contributed by atoms with Gasteiger partial charge < -0.3 is 14.4 Å². The van der Waals surface area contributed by atoms with Gasteiger partial charge in [-0.1, -0.05) is 0 Å². The van der Waals surface area contributed by atoms with Crippen LogP contribution in [0.2, 0.25) is 0 Å². The van der Waals surface area contributed by atoms with Gasteiger partial charge in [-0.2, -0.15) is 5.48 Å². The van der Waals surface area contributed by atoms with E-state index in [0.717, 1.165) is 7.11 Å². The van der Waals surface area contributed by atoms with Crippen LogP contribution in [0.3, 0.4) is 0 Å². The molecule has 0 aromatic rings. The predicted octanol–water partition coefficient (Wildman–Crippen LogP) is -0.174. The molecule has 106 valence electrons. The zero-order chi connectivity index (χ0) is 13.4. The Morgan fingerprint density at radius 3 is 2.89 bits per heavy atom. The van der Waals surface area contributed by atoms with Gasteiger partial charge >= 0.3 is 7.82 Å². The van der Waals surface area contributed by atoms with Gasteiger partial charge in [0.25, 0.3) is 0 Å². The molecule has 0 saturated carbocycles. The summed E-state index contributed by atoms with van der Waals surface area (Å²) in [6.45, 7) is 2.33. The lowest BCUT2D eigenvalue weighted by atomic mass is 9.94. The lowest BCUT2D eigenvalue weighted by Crippen LogP contribution is -2.59. The normalized spacial score (nSPS) is 42.8. The standard InChI is InChI=1S/C9H18NO7P/c1-6-7-8(17-18(11,12)14-3)9(15-6,5-13-2)4-10-16-7/h6-8,10H,4-5H2,1-3H3,(H,11,12)/t6?,7?,8-,9-/m1/s1. The van der Waals surface area contributed by atoms with Crippen molar-refractivity contribution in [1.29, 1.82) is 0 Å². The van der Waals surface area contributed by atoms with Gasteiger partial charge in [-0.25, -0.2) is 4.57 Å². The molecule has 2 aliphatic rings. The minimum absolute atomic E-state index is 0.221. The number of hydrogen-bond acceptors (Lipinski definition) is 7. The van der Waals surface area contributed by atoms with E-state index in [9.17, 15) is 9.46 Å². The Labute approximate surface area is 105 Å². The number of hydroxylamine groups is 1. The highest BCUT2D eigenvalue weighted by atomic mass is 31.2. The second-order valence-electron chi connectivity index (χ2n) is 4.40. The summed E-state index contributed by atoms with van der Waals surface area (Å²) in [6.07, 6.45) is -1.51. The molecule has 2 heterocycles. The zero-order valence-corrected chi connectivity index (χ0v) is 11.4. The van der Waals surface area contributed by atoms with Gasteiger partial charge in [-0.15, -0.1) is 0 Å². The van der Waals surface area contributed by atoms with E-state index < -0.39 is 25.6 Å². The third kappa shape index (κ3) is 2.48. The second-order valence-corrected chi connectivity index (χ2v) is 5.91. The molecule has 2 bridgehead atoms. The average Bonchev–Trinajstić information content (AvgIpc) is 2.47. The summed E-state index contributed by atoms with van der Waals surface area (Å²) >= 11 is 0. The molecule has 0 spiro atoms. The molecule has 0 aliphatic carbocycles. The van der Waals surface area contributed by atoms with E-state index in [1.807, 2.05) is 0 Å². The number of phosphoric acid groups is 1. The molecule has 18 heavy (non-hydrogen) atoms. The van der Waals surface area contributed by atoms with Crippen LogP contribution in [0, 0.1) is 0 Å². The number of fused-ring (bicyclic) bond motifs is 2. The van der Waals surface area contributed by atoms with E-state index in [-0.39, 0.29) is 12.7 Å². The Morgan fingerprint density at radius 2 is 2.28 bits per heavy atom. The van der Waals surface area contributed by atoms with Crippen molar-refractivity contribution in [3.63, 3.8) is 0 Å². The van der Waals surface area contributed by atoms with Crippen LogP contribution < -0.4 is 5.48 Å². The van der Waals surface area contributed by atoms with Crippen LogP contribution in [0.4, 0.5) is 0 Å². The second kappa shape index (κ2) is 5.15. The first kappa shape index (κ1) is 14.4. The molecule has 5 atom stereocenters. The smallest absolute Gasteiger partial charge is 0.382 e. The third-order valence-corrected chi connectivity index (χ3v) is 4.11. The van der Waals surface area contributed by atoms with Gasteiger partial charge in [0.05, 0.1) is 19.3 Å².